The normalized spacial score (nSPS) is 20.7. The summed E-state index contributed by atoms with van der Waals surface area (Å²) in [6, 6.07) is 4.82. The lowest BCUT2D eigenvalue weighted by molar-refractivity contribution is 0.0177. The predicted octanol–water partition coefficient (Wildman–Crippen LogP) is 3.94. The molecule has 3 N–H and O–H groups in total. The second-order valence-corrected chi connectivity index (χ2v) is 10.0. The van der Waals surface area contributed by atoms with Crippen LogP contribution in [0.25, 0.3) is 0 Å². The van der Waals surface area contributed by atoms with Gasteiger partial charge in [0.05, 0.1) is 19.3 Å². The number of hydrogen-bond acceptors (Lipinski definition) is 5. The number of ether oxygens (including phenoxy) is 1. The Morgan fingerprint density at radius 2 is 1.97 bits per heavy atom. The van der Waals surface area contributed by atoms with E-state index in [2.05, 4.69) is 41.5 Å². The van der Waals surface area contributed by atoms with Crippen molar-refractivity contribution in [2.24, 2.45) is 10.4 Å². The van der Waals surface area contributed by atoms with E-state index in [1.807, 2.05) is 11.3 Å². The zero-order valence-corrected chi connectivity index (χ0v) is 22.3. The number of nitrogens with zero attached hydrogens (tertiary/aromatic N) is 2. The van der Waals surface area contributed by atoms with Crippen LogP contribution in [0, 0.1) is 12.3 Å². The Morgan fingerprint density at radius 3 is 2.58 bits per heavy atom. The van der Waals surface area contributed by atoms with Gasteiger partial charge < -0.3 is 20.5 Å². The molecule has 2 aliphatic rings. The quantitative estimate of drug-likeness (QED) is 0.241. The Bertz CT molecular complexity index is 652. The number of aliphatic hydroxyl groups is 1. The summed E-state index contributed by atoms with van der Waals surface area (Å²) in [5.41, 5.74) is 0.170. The largest absolute Gasteiger partial charge is 0.396 e. The molecule has 3 rings (SSSR count). The summed E-state index contributed by atoms with van der Waals surface area (Å²) in [5.74, 6) is 0.895. The Balaban J connectivity index is 0.00000341. The van der Waals surface area contributed by atoms with Crippen molar-refractivity contribution in [1.82, 2.24) is 15.5 Å². The number of aliphatic imine (C=N–C) groups is 1. The van der Waals surface area contributed by atoms with Crippen LogP contribution in [0.1, 0.15) is 61.2 Å². The van der Waals surface area contributed by atoms with Gasteiger partial charge in [-0.2, -0.15) is 0 Å². The van der Waals surface area contributed by atoms with E-state index in [0.29, 0.717) is 6.04 Å². The summed E-state index contributed by atoms with van der Waals surface area (Å²) < 4.78 is 5.58. The molecule has 8 heteroatoms. The van der Waals surface area contributed by atoms with Gasteiger partial charge in [0.1, 0.15) is 0 Å². The molecule has 1 aliphatic carbocycles. The highest BCUT2D eigenvalue weighted by Gasteiger charge is 2.31. The third kappa shape index (κ3) is 8.14. The monoisotopic (exact) mass is 564 g/mol. The van der Waals surface area contributed by atoms with Crippen molar-refractivity contribution in [2.75, 3.05) is 52.5 Å². The molecule has 31 heavy (non-hydrogen) atoms. The maximum atomic E-state index is 9.61. The second-order valence-electron chi connectivity index (χ2n) is 8.72. The molecule has 1 aliphatic heterocycles. The van der Waals surface area contributed by atoms with E-state index in [0.717, 1.165) is 58.3 Å². The smallest absolute Gasteiger partial charge is 0.191 e. The minimum absolute atomic E-state index is 0. The molecule has 0 amide bonds. The van der Waals surface area contributed by atoms with Gasteiger partial charge in [0.2, 0.25) is 0 Å². The van der Waals surface area contributed by atoms with Crippen molar-refractivity contribution in [2.45, 2.75) is 58.4 Å². The van der Waals surface area contributed by atoms with E-state index in [1.54, 1.807) is 0 Å². The highest BCUT2D eigenvalue weighted by molar-refractivity contribution is 14.0. The van der Waals surface area contributed by atoms with Crippen molar-refractivity contribution in [3.05, 3.63) is 21.9 Å². The van der Waals surface area contributed by atoms with E-state index < -0.39 is 0 Å². The predicted molar refractivity (Wildman–Crippen MR) is 141 cm³/mol. The van der Waals surface area contributed by atoms with Gasteiger partial charge in [-0.15, -0.1) is 35.3 Å². The number of morpholine rings is 1. The minimum atomic E-state index is 0. The van der Waals surface area contributed by atoms with Crippen molar-refractivity contribution >= 4 is 41.3 Å². The molecular formula is C23H41IN4O2S. The molecule has 1 saturated heterocycles. The average molecular weight is 565 g/mol. The number of rotatable bonds is 9. The topological polar surface area (TPSA) is 69.1 Å². The molecule has 6 nitrogen and oxygen atoms in total. The number of hydrogen-bond donors (Lipinski definition) is 3. The van der Waals surface area contributed by atoms with Gasteiger partial charge in [-0.05, 0) is 50.7 Å². The van der Waals surface area contributed by atoms with Gasteiger partial charge in [0.25, 0.3) is 0 Å². The van der Waals surface area contributed by atoms with Crippen LogP contribution < -0.4 is 10.6 Å². The van der Waals surface area contributed by atoms with Crippen LogP contribution >= 0.6 is 35.3 Å². The van der Waals surface area contributed by atoms with Crippen LogP contribution in [0.15, 0.2) is 17.1 Å². The van der Waals surface area contributed by atoms with Gasteiger partial charge in [-0.1, -0.05) is 19.3 Å². The lowest BCUT2D eigenvalue weighted by atomic mass is 9.72. The molecule has 0 spiro atoms. The van der Waals surface area contributed by atoms with Crippen LogP contribution in [0.3, 0.4) is 0 Å². The Morgan fingerprint density at radius 1 is 1.23 bits per heavy atom. The number of halogens is 1. The molecule has 1 saturated carbocycles. The third-order valence-electron chi connectivity index (χ3n) is 6.51. The van der Waals surface area contributed by atoms with Gasteiger partial charge in [-0.25, -0.2) is 0 Å². The number of guanidine groups is 1. The number of aryl methyl sites for hydroxylation is 1. The van der Waals surface area contributed by atoms with Crippen LogP contribution in [-0.2, 0) is 4.74 Å². The van der Waals surface area contributed by atoms with Crippen molar-refractivity contribution in [3.8, 4) is 0 Å². The summed E-state index contributed by atoms with van der Waals surface area (Å²) in [7, 11) is 0. The molecule has 0 aromatic carbocycles. The highest BCUT2D eigenvalue weighted by Crippen LogP contribution is 2.39. The second kappa shape index (κ2) is 14.0. The maximum absolute atomic E-state index is 9.61. The van der Waals surface area contributed by atoms with Gasteiger partial charge in [0, 0.05) is 49.1 Å². The number of thiophene rings is 1. The van der Waals surface area contributed by atoms with Gasteiger partial charge >= 0.3 is 0 Å². The Kier molecular flexibility index (Phi) is 12.1. The van der Waals surface area contributed by atoms with Crippen LogP contribution in [0.5, 0.6) is 0 Å². The first kappa shape index (κ1) is 26.8. The van der Waals surface area contributed by atoms with Crippen molar-refractivity contribution in [3.63, 3.8) is 0 Å². The lowest BCUT2D eigenvalue weighted by Gasteiger charge is -2.36. The summed E-state index contributed by atoms with van der Waals surface area (Å²) in [5, 5.41) is 16.7. The first-order valence-electron chi connectivity index (χ1n) is 11.7. The van der Waals surface area contributed by atoms with E-state index in [1.165, 1.54) is 41.9 Å². The first-order valence-corrected chi connectivity index (χ1v) is 12.5. The molecule has 2 fully saturated rings. The van der Waals surface area contributed by atoms with Crippen LogP contribution in [0.4, 0.5) is 0 Å². The third-order valence-corrected chi connectivity index (χ3v) is 7.61. The van der Waals surface area contributed by atoms with E-state index in [4.69, 9.17) is 9.73 Å². The van der Waals surface area contributed by atoms with Crippen LogP contribution in [0.2, 0.25) is 0 Å². The first-order chi connectivity index (χ1) is 14.7. The lowest BCUT2D eigenvalue weighted by Crippen LogP contribution is -2.46. The summed E-state index contributed by atoms with van der Waals surface area (Å²) in [6.07, 6.45) is 7.06. The maximum Gasteiger partial charge on any atom is 0.191 e. The fourth-order valence-corrected chi connectivity index (χ4v) is 5.75. The molecule has 1 unspecified atom stereocenters. The number of aliphatic hydroxyl groups excluding tert-OH is 1. The van der Waals surface area contributed by atoms with Crippen LogP contribution in [-0.4, -0.2) is 68.5 Å². The molecular weight excluding hydrogens is 523 g/mol. The fourth-order valence-electron chi connectivity index (χ4n) is 4.74. The average Bonchev–Trinajstić information content (AvgIpc) is 3.20. The fraction of sp³-hybridized carbons (Fsp3) is 0.783. The van der Waals surface area contributed by atoms with E-state index >= 15 is 0 Å². The SMILES string of the molecule is CCNC(=NCC1(CCO)CCCCC1)NCC(c1ccc(C)s1)N1CCOCC1.I. The van der Waals surface area contributed by atoms with Gasteiger partial charge in [-0.3, -0.25) is 9.89 Å². The van der Waals surface area contributed by atoms with Crippen molar-refractivity contribution < 1.29 is 9.84 Å². The van der Waals surface area contributed by atoms with E-state index in [-0.39, 0.29) is 36.0 Å². The molecule has 2 heterocycles. The minimum Gasteiger partial charge on any atom is -0.396 e. The zero-order chi connectivity index (χ0) is 21.2. The van der Waals surface area contributed by atoms with Crippen molar-refractivity contribution in [1.29, 1.82) is 0 Å². The summed E-state index contributed by atoms with van der Waals surface area (Å²) in [4.78, 5) is 10.3. The van der Waals surface area contributed by atoms with E-state index in [9.17, 15) is 5.11 Å². The highest BCUT2D eigenvalue weighted by atomic mass is 127. The molecule has 1 aromatic heterocycles. The molecule has 1 atom stereocenters. The summed E-state index contributed by atoms with van der Waals surface area (Å²) >= 11 is 1.89. The molecule has 0 radical (unpaired) electrons. The zero-order valence-electron chi connectivity index (χ0n) is 19.2. The number of nitrogens with one attached hydrogen (secondary N) is 2. The standard InChI is InChI=1S/C23H40N4O2S.HI/c1-3-24-22(26-18-23(11-14-28)9-5-4-6-10-23)25-17-20(21-8-7-19(2)30-21)27-12-15-29-16-13-27;/h7-8,20,28H,3-6,9-18H2,1-2H3,(H2,24,25,26);1H. The summed E-state index contributed by atoms with van der Waals surface area (Å²) in [6.45, 7) is 10.6. The molecule has 1 aromatic rings. The Labute approximate surface area is 209 Å². The molecule has 0 bridgehead atoms. The van der Waals surface area contributed by atoms with Gasteiger partial charge in [0.15, 0.2) is 5.96 Å². The Hall–Kier alpha value is -0.420. The molecule has 178 valence electrons.